The van der Waals surface area contributed by atoms with Crippen LogP contribution in [0.4, 0.5) is 18.9 Å². The number of carbonyl (C=O) groups excluding carboxylic acids is 1. The van der Waals surface area contributed by atoms with Gasteiger partial charge in [0.1, 0.15) is 17.5 Å². The molecule has 0 bridgehead atoms. The quantitative estimate of drug-likeness (QED) is 0.817. The molecule has 138 valence electrons. The molecule has 1 amide bonds. The molecule has 0 atom stereocenters. The Kier molecular flexibility index (Phi) is 5.61. The van der Waals surface area contributed by atoms with Gasteiger partial charge < -0.3 is 4.90 Å². The van der Waals surface area contributed by atoms with Crippen LogP contribution in [0, 0.1) is 17.5 Å². The van der Waals surface area contributed by atoms with Crippen LogP contribution in [0.2, 0.25) is 0 Å². The first-order chi connectivity index (χ1) is 12.4. The highest BCUT2D eigenvalue weighted by molar-refractivity contribution is 5.92. The number of rotatable bonds is 4. The van der Waals surface area contributed by atoms with Crippen LogP contribution in [0.3, 0.4) is 0 Å². The van der Waals surface area contributed by atoms with E-state index >= 15 is 0 Å². The Morgan fingerprint density at radius 3 is 2.23 bits per heavy atom. The summed E-state index contributed by atoms with van der Waals surface area (Å²) in [6.07, 6.45) is 1.47. The minimum atomic E-state index is -0.582. The Hall–Kier alpha value is -2.34. The molecule has 1 aliphatic rings. The third-order valence-electron chi connectivity index (χ3n) is 4.78. The summed E-state index contributed by atoms with van der Waals surface area (Å²) in [6.45, 7) is 3.32. The zero-order chi connectivity index (χ0) is 18.7. The minimum absolute atomic E-state index is 0.0206. The van der Waals surface area contributed by atoms with E-state index in [1.807, 2.05) is 0 Å². The van der Waals surface area contributed by atoms with Crippen molar-refractivity contribution in [3.63, 3.8) is 0 Å². The molecule has 2 aromatic rings. The lowest BCUT2D eigenvalue weighted by Gasteiger charge is -2.38. The Morgan fingerprint density at radius 2 is 1.65 bits per heavy atom. The van der Waals surface area contributed by atoms with Crippen molar-refractivity contribution in [1.29, 1.82) is 0 Å². The van der Waals surface area contributed by atoms with Gasteiger partial charge in [0.15, 0.2) is 0 Å². The number of likely N-dealkylation sites (tertiary alicyclic amines) is 1. The molecule has 0 unspecified atom stereocenters. The second-order valence-corrected chi connectivity index (χ2v) is 6.61. The predicted octanol–water partition coefficient (Wildman–Crippen LogP) is 4.12. The van der Waals surface area contributed by atoms with Crippen LogP contribution in [-0.4, -0.2) is 29.9 Å². The maximum absolute atomic E-state index is 13.8. The molecule has 26 heavy (non-hydrogen) atoms. The summed E-state index contributed by atoms with van der Waals surface area (Å²) in [5, 5.41) is 0. The molecule has 0 aromatic heterocycles. The van der Waals surface area contributed by atoms with Gasteiger partial charge in [-0.15, -0.1) is 0 Å². The molecule has 1 heterocycles. The van der Waals surface area contributed by atoms with E-state index in [0.717, 1.165) is 18.9 Å². The van der Waals surface area contributed by atoms with Crippen molar-refractivity contribution in [3.8, 4) is 0 Å². The van der Waals surface area contributed by atoms with Crippen molar-refractivity contribution in [2.45, 2.75) is 32.4 Å². The van der Waals surface area contributed by atoms with E-state index in [1.165, 1.54) is 31.2 Å². The van der Waals surface area contributed by atoms with Crippen molar-refractivity contribution in [3.05, 3.63) is 65.5 Å². The molecular weight excluding hydrogens is 341 g/mol. The zero-order valence-corrected chi connectivity index (χ0v) is 14.6. The lowest BCUT2D eigenvalue weighted by Crippen LogP contribution is -2.46. The standard InChI is InChI=1S/C20H21F3N2O/c1-14(26)25(18-6-4-16(21)5-7-18)19-8-10-24(11-9-19)13-15-2-3-17(22)12-20(15)23/h2-7,12,19H,8-11,13H2,1H3. The van der Waals surface area contributed by atoms with Crippen LogP contribution in [0.5, 0.6) is 0 Å². The normalized spacial score (nSPS) is 15.8. The van der Waals surface area contributed by atoms with Gasteiger partial charge in [-0.2, -0.15) is 0 Å². The molecule has 0 saturated carbocycles. The molecule has 0 N–H and O–H groups in total. The highest BCUT2D eigenvalue weighted by Gasteiger charge is 2.27. The van der Waals surface area contributed by atoms with Crippen LogP contribution in [-0.2, 0) is 11.3 Å². The number of carbonyl (C=O) groups is 1. The van der Waals surface area contributed by atoms with E-state index in [9.17, 15) is 18.0 Å². The molecule has 0 aliphatic carbocycles. The van der Waals surface area contributed by atoms with Gasteiger partial charge in [-0.3, -0.25) is 9.69 Å². The fourth-order valence-electron chi connectivity index (χ4n) is 3.48. The van der Waals surface area contributed by atoms with E-state index in [2.05, 4.69) is 4.90 Å². The molecular formula is C20H21F3N2O. The first-order valence-electron chi connectivity index (χ1n) is 8.65. The second-order valence-electron chi connectivity index (χ2n) is 6.61. The summed E-state index contributed by atoms with van der Waals surface area (Å²) in [6, 6.07) is 9.55. The minimum Gasteiger partial charge on any atom is -0.310 e. The van der Waals surface area contributed by atoms with E-state index in [4.69, 9.17) is 0 Å². The molecule has 0 spiro atoms. The molecule has 2 aromatic carbocycles. The van der Waals surface area contributed by atoms with Gasteiger partial charge in [0.25, 0.3) is 0 Å². The smallest absolute Gasteiger partial charge is 0.224 e. The van der Waals surface area contributed by atoms with Gasteiger partial charge >= 0.3 is 0 Å². The summed E-state index contributed by atoms with van der Waals surface area (Å²) >= 11 is 0. The van der Waals surface area contributed by atoms with Crippen molar-refractivity contribution >= 4 is 11.6 Å². The Morgan fingerprint density at radius 1 is 1.04 bits per heavy atom. The largest absolute Gasteiger partial charge is 0.310 e. The Bertz CT molecular complexity index is 771. The van der Waals surface area contributed by atoms with Crippen LogP contribution in [0.25, 0.3) is 0 Å². The number of halogens is 3. The molecule has 6 heteroatoms. The Balaban J connectivity index is 1.64. The number of anilines is 1. The fourth-order valence-corrected chi connectivity index (χ4v) is 3.48. The molecule has 1 fully saturated rings. The summed E-state index contributed by atoms with van der Waals surface area (Å²) in [5.41, 5.74) is 1.15. The lowest BCUT2D eigenvalue weighted by molar-refractivity contribution is -0.117. The van der Waals surface area contributed by atoms with Crippen molar-refractivity contribution in [2.24, 2.45) is 0 Å². The first-order valence-corrected chi connectivity index (χ1v) is 8.65. The third kappa shape index (κ3) is 4.25. The fraction of sp³-hybridized carbons (Fsp3) is 0.350. The Labute approximate surface area is 151 Å². The average Bonchev–Trinajstić information content (AvgIpc) is 2.60. The molecule has 1 aliphatic heterocycles. The highest BCUT2D eigenvalue weighted by Crippen LogP contribution is 2.25. The maximum Gasteiger partial charge on any atom is 0.224 e. The SMILES string of the molecule is CC(=O)N(c1ccc(F)cc1)C1CCN(Cc2ccc(F)cc2F)CC1. The molecule has 1 saturated heterocycles. The van der Waals surface area contributed by atoms with Crippen LogP contribution < -0.4 is 4.90 Å². The molecule has 3 rings (SSSR count). The van der Waals surface area contributed by atoms with E-state index in [0.29, 0.717) is 30.9 Å². The van der Waals surface area contributed by atoms with Crippen molar-refractivity contribution < 1.29 is 18.0 Å². The number of nitrogens with zero attached hydrogens (tertiary/aromatic N) is 2. The van der Waals surface area contributed by atoms with E-state index in [-0.39, 0.29) is 17.8 Å². The van der Waals surface area contributed by atoms with E-state index < -0.39 is 11.6 Å². The van der Waals surface area contributed by atoms with E-state index in [1.54, 1.807) is 17.0 Å². The van der Waals surface area contributed by atoms with Crippen LogP contribution in [0.1, 0.15) is 25.3 Å². The average molecular weight is 362 g/mol. The number of hydrogen-bond donors (Lipinski definition) is 0. The maximum atomic E-state index is 13.8. The van der Waals surface area contributed by atoms with Gasteiger partial charge in [-0.1, -0.05) is 6.07 Å². The number of hydrogen-bond acceptors (Lipinski definition) is 2. The highest BCUT2D eigenvalue weighted by atomic mass is 19.1. The van der Waals surface area contributed by atoms with Gasteiger partial charge in [-0.05, 0) is 43.2 Å². The summed E-state index contributed by atoms with van der Waals surface area (Å²) in [4.78, 5) is 15.9. The van der Waals surface area contributed by atoms with Gasteiger partial charge in [0, 0.05) is 49.9 Å². The number of benzene rings is 2. The lowest BCUT2D eigenvalue weighted by atomic mass is 10.0. The number of piperidine rings is 1. The van der Waals surface area contributed by atoms with Crippen molar-refractivity contribution in [1.82, 2.24) is 4.90 Å². The van der Waals surface area contributed by atoms with Crippen molar-refractivity contribution in [2.75, 3.05) is 18.0 Å². The third-order valence-corrected chi connectivity index (χ3v) is 4.78. The zero-order valence-electron chi connectivity index (χ0n) is 14.6. The summed E-state index contributed by atoms with van der Waals surface area (Å²) in [5.74, 6) is -1.54. The summed E-state index contributed by atoms with van der Waals surface area (Å²) < 4.78 is 40.0. The van der Waals surface area contributed by atoms with Crippen LogP contribution >= 0.6 is 0 Å². The second kappa shape index (κ2) is 7.91. The van der Waals surface area contributed by atoms with Crippen LogP contribution in [0.15, 0.2) is 42.5 Å². The van der Waals surface area contributed by atoms with Gasteiger partial charge in [-0.25, -0.2) is 13.2 Å². The first kappa shape index (κ1) is 18.5. The van der Waals surface area contributed by atoms with Gasteiger partial charge in [0.2, 0.25) is 5.91 Å². The van der Waals surface area contributed by atoms with Gasteiger partial charge in [0.05, 0.1) is 0 Å². The predicted molar refractivity (Wildman–Crippen MR) is 94.2 cm³/mol. The summed E-state index contributed by atoms with van der Waals surface area (Å²) in [7, 11) is 0. The monoisotopic (exact) mass is 362 g/mol. The molecule has 0 radical (unpaired) electrons. The topological polar surface area (TPSA) is 23.6 Å². The molecule has 3 nitrogen and oxygen atoms in total. The number of amides is 1.